The Hall–Kier alpha value is -2.76. The lowest BCUT2D eigenvalue weighted by molar-refractivity contribution is -0.133. The minimum atomic E-state index is -2.90. The number of carbonyl (C=O) groups is 2. The van der Waals surface area contributed by atoms with Gasteiger partial charge in [0.05, 0.1) is 19.3 Å². The van der Waals surface area contributed by atoms with E-state index >= 15 is 0 Å². The second kappa shape index (κ2) is 12.6. The predicted molar refractivity (Wildman–Crippen MR) is 152 cm³/mol. The molecule has 0 saturated carbocycles. The highest BCUT2D eigenvalue weighted by molar-refractivity contribution is 6.71. The summed E-state index contributed by atoms with van der Waals surface area (Å²) in [5.41, 5.74) is 2.24. The molecule has 4 atom stereocenters. The Morgan fingerprint density at radius 3 is 2.64 bits per heavy atom. The van der Waals surface area contributed by atoms with Crippen molar-refractivity contribution in [2.75, 3.05) is 44.8 Å². The van der Waals surface area contributed by atoms with Crippen molar-refractivity contribution in [3.63, 3.8) is 0 Å². The Balaban J connectivity index is 1.59. The van der Waals surface area contributed by atoms with Crippen LogP contribution in [0.25, 0.3) is 0 Å². The monoisotopic (exact) mass is 555 g/mol. The number of rotatable bonds is 10. The SMILES string of the molecule is CO[C@H]1c2cc(N3CCNCC3=O)ccc2O[C@@H](C(CC(=O)N(CCO)Cc2ccccc2)[Si](C)(C)O)[C@@H]1C. The molecule has 0 bridgehead atoms. The summed E-state index contributed by atoms with van der Waals surface area (Å²) >= 11 is 0. The lowest BCUT2D eigenvalue weighted by atomic mass is 9.86. The predicted octanol–water partition coefficient (Wildman–Crippen LogP) is 2.69. The van der Waals surface area contributed by atoms with E-state index in [1.165, 1.54) is 0 Å². The van der Waals surface area contributed by atoms with E-state index in [2.05, 4.69) is 5.32 Å². The molecular weight excluding hydrogens is 514 g/mol. The van der Waals surface area contributed by atoms with Gasteiger partial charge in [-0.25, -0.2) is 0 Å². The number of methoxy groups -OCH3 is 1. The van der Waals surface area contributed by atoms with Crippen LogP contribution in [0.3, 0.4) is 0 Å². The van der Waals surface area contributed by atoms with Crippen molar-refractivity contribution in [3.05, 3.63) is 59.7 Å². The molecule has 3 N–H and O–H groups in total. The van der Waals surface area contributed by atoms with Crippen molar-refractivity contribution in [3.8, 4) is 5.75 Å². The quantitative estimate of drug-likeness (QED) is 0.387. The molecule has 0 radical (unpaired) electrons. The van der Waals surface area contributed by atoms with Crippen molar-refractivity contribution in [1.29, 1.82) is 0 Å². The molecule has 1 fully saturated rings. The average molecular weight is 556 g/mol. The normalized spacial score (nSPS) is 22.2. The number of aliphatic hydroxyl groups excluding tert-OH is 1. The van der Waals surface area contributed by atoms with Gasteiger partial charge in [-0.3, -0.25) is 9.59 Å². The van der Waals surface area contributed by atoms with E-state index < -0.39 is 20.0 Å². The summed E-state index contributed by atoms with van der Waals surface area (Å²) in [6, 6.07) is 15.4. The highest BCUT2D eigenvalue weighted by Crippen LogP contribution is 2.47. The van der Waals surface area contributed by atoms with Crippen molar-refractivity contribution in [1.82, 2.24) is 10.2 Å². The van der Waals surface area contributed by atoms with Crippen LogP contribution in [0.15, 0.2) is 48.5 Å². The van der Waals surface area contributed by atoms with E-state index in [0.29, 0.717) is 25.4 Å². The third-order valence-corrected chi connectivity index (χ3v) is 10.2. The number of nitrogens with zero attached hydrogens (tertiary/aromatic N) is 2. The molecule has 10 heteroatoms. The molecule has 0 aliphatic carbocycles. The van der Waals surface area contributed by atoms with Gasteiger partial charge >= 0.3 is 0 Å². The Morgan fingerprint density at radius 2 is 2.00 bits per heavy atom. The Bertz CT molecular complexity index is 1140. The molecule has 1 saturated heterocycles. The maximum atomic E-state index is 13.6. The zero-order valence-electron chi connectivity index (χ0n) is 23.3. The van der Waals surface area contributed by atoms with Crippen LogP contribution >= 0.6 is 0 Å². The van der Waals surface area contributed by atoms with Crippen LogP contribution in [0.5, 0.6) is 5.75 Å². The van der Waals surface area contributed by atoms with Gasteiger partial charge in [0.25, 0.3) is 0 Å². The first kappa shape index (κ1) is 29.2. The van der Waals surface area contributed by atoms with E-state index in [9.17, 15) is 19.5 Å². The van der Waals surface area contributed by atoms with Crippen LogP contribution in [0.2, 0.25) is 18.6 Å². The maximum absolute atomic E-state index is 13.6. The topological polar surface area (TPSA) is 112 Å². The van der Waals surface area contributed by atoms with E-state index in [1.807, 2.05) is 68.5 Å². The maximum Gasteiger partial charge on any atom is 0.240 e. The molecule has 2 aliphatic heterocycles. The second-order valence-electron chi connectivity index (χ2n) is 11.0. The number of nitrogens with one attached hydrogen (secondary N) is 1. The second-order valence-corrected chi connectivity index (χ2v) is 15.1. The first-order valence-corrected chi connectivity index (χ1v) is 16.7. The Morgan fingerprint density at radius 1 is 1.26 bits per heavy atom. The summed E-state index contributed by atoms with van der Waals surface area (Å²) in [5, 5.41) is 12.7. The fourth-order valence-corrected chi connectivity index (χ4v) is 7.56. The average Bonchev–Trinajstić information content (AvgIpc) is 2.91. The number of amides is 2. The van der Waals surface area contributed by atoms with Gasteiger partial charge in [-0.05, 0) is 36.9 Å². The standard InChI is InChI=1S/C29H41N3O6Si/c1-20-28(37-2)23-16-22(32-13-12-30-18-27(32)35)10-11-24(23)38-29(20)25(39(3,4)36)17-26(34)31(14-15-33)19-21-8-6-5-7-9-21/h5-11,16,20,25,28-30,33,36H,12-15,17-19H2,1-4H3/t20-,25?,28-,29-/m1/s1. The fourth-order valence-electron chi connectivity index (χ4n) is 5.71. The van der Waals surface area contributed by atoms with Gasteiger partial charge in [0.2, 0.25) is 11.8 Å². The number of piperazine rings is 1. The molecular formula is C29H41N3O6Si. The summed E-state index contributed by atoms with van der Waals surface area (Å²) < 4.78 is 12.5. The van der Waals surface area contributed by atoms with Crippen molar-refractivity contribution >= 4 is 25.8 Å². The summed E-state index contributed by atoms with van der Waals surface area (Å²) in [6.45, 7) is 7.79. The van der Waals surface area contributed by atoms with Gasteiger partial charge in [0.1, 0.15) is 11.9 Å². The van der Waals surface area contributed by atoms with Crippen molar-refractivity contribution < 1.29 is 29.0 Å². The number of fused-ring (bicyclic) bond motifs is 1. The Labute approximate surface area is 231 Å². The van der Waals surface area contributed by atoms with Gasteiger partial charge in [0.15, 0.2) is 8.32 Å². The molecule has 2 heterocycles. The van der Waals surface area contributed by atoms with Crippen LogP contribution < -0.4 is 15.0 Å². The van der Waals surface area contributed by atoms with Gasteiger partial charge in [-0.2, -0.15) is 0 Å². The highest BCUT2D eigenvalue weighted by Gasteiger charge is 2.47. The zero-order chi connectivity index (χ0) is 28.2. The molecule has 0 spiro atoms. The number of ether oxygens (including phenoxy) is 2. The molecule has 0 aromatic heterocycles. The molecule has 2 aliphatic rings. The molecule has 2 aromatic carbocycles. The summed E-state index contributed by atoms with van der Waals surface area (Å²) in [4.78, 5) is 40.9. The fraction of sp³-hybridized carbons (Fsp3) is 0.517. The first-order valence-electron chi connectivity index (χ1n) is 13.6. The molecule has 1 unspecified atom stereocenters. The van der Waals surface area contributed by atoms with E-state index in [4.69, 9.17) is 9.47 Å². The minimum Gasteiger partial charge on any atom is -0.490 e. The van der Waals surface area contributed by atoms with Gasteiger partial charge in [-0.15, -0.1) is 0 Å². The zero-order valence-corrected chi connectivity index (χ0v) is 24.3. The largest absolute Gasteiger partial charge is 0.490 e. The number of hydrogen-bond acceptors (Lipinski definition) is 7. The molecule has 2 aromatic rings. The summed E-state index contributed by atoms with van der Waals surface area (Å²) in [6.07, 6.45) is -0.669. The number of benzene rings is 2. The van der Waals surface area contributed by atoms with E-state index in [1.54, 1.807) is 16.9 Å². The van der Waals surface area contributed by atoms with Gasteiger partial charge in [-0.1, -0.05) is 37.3 Å². The van der Waals surface area contributed by atoms with Crippen LogP contribution in [-0.4, -0.2) is 80.9 Å². The molecule has 2 amide bonds. The molecule has 4 rings (SSSR count). The van der Waals surface area contributed by atoms with E-state index in [-0.39, 0.29) is 43.4 Å². The lowest BCUT2D eigenvalue weighted by Crippen LogP contribution is -2.50. The van der Waals surface area contributed by atoms with Gasteiger partial charge < -0.3 is 34.5 Å². The number of aliphatic hydroxyl groups is 1. The Kier molecular flexibility index (Phi) is 9.45. The highest BCUT2D eigenvalue weighted by atomic mass is 28.4. The van der Waals surface area contributed by atoms with Gasteiger partial charge in [0, 0.05) is 62.4 Å². The number of hydrogen-bond donors (Lipinski definition) is 3. The van der Waals surface area contributed by atoms with E-state index in [0.717, 1.165) is 23.4 Å². The number of anilines is 1. The third kappa shape index (κ3) is 6.70. The minimum absolute atomic E-state index is 0.0207. The van der Waals surface area contributed by atoms with Crippen LogP contribution in [0, 0.1) is 5.92 Å². The van der Waals surface area contributed by atoms with Crippen LogP contribution in [0.4, 0.5) is 5.69 Å². The number of carbonyl (C=O) groups excluding carboxylic acids is 2. The summed E-state index contributed by atoms with van der Waals surface area (Å²) in [7, 11) is -1.25. The van der Waals surface area contributed by atoms with Crippen LogP contribution in [0.1, 0.15) is 30.6 Å². The lowest BCUT2D eigenvalue weighted by Gasteiger charge is -2.44. The summed E-state index contributed by atoms with van der Waals surface area (Å²) in [5.74, 6) is 0.375. The van der Waals surface area contributed by atoms with Crippen molar-refractivity contribution in [2.45, 2.75) is 50.7 Å². The molecule has 39 heavy (non-hydrogen) atoms. The molecule has 9 nitrogen and oxygen atoms in total. The van der Waals surface area contributed by atoms with Crippen molar-refractivity contribution in [2.24, 2.45) is 5.92 Å². The third-order valence-electron chi connectivity index (χ3n) is 7.85. The molecule has 212 valence electrons. The van der Waals surface area contributed by atoms with Crippen LogP contribution in [-0.2, 0) is 20.9 Å². The smallest absolute Gasteiger partial charge is 0.240 e. The first-order chi connectivity index (χ1) is 18.6.